The van der Waals surface area contributed by atoms with Crippen LogP contribution in [-0.2, 0) is 6.42 Å². The van der Waals surface area contributed by atoms with Gasteiger partial charge >= 0.3 is 0 Å². The van der Waals surface area contributed by atoms with Crippen LogP contribution in [0.5, 0.6) is 0 Å². The highest BCUT2D eigenvalue weighted by atomic mass is 79.9. The summed E-state index contributed by atoms with van der Waals surface area (Å²) in [4.78, 5) is 10.6. The van der Waals surface area contributed by atoms with E-state index in [0.717, 1.165) is 47.7 Å². The minimum absolute atomic E-state index is 0.494. The number of nitrogen functional groups attached to an aromatic ring is 1. The Labute approximate surface area is 143 Å². The third kappa shape index (κ3) is 3.52. The average Bonchev–Trinajstić information content (AvgIpc) is 2.53. The Balaban J connectivity index is 1.60. The lowest BCUT2D eigenvalue weighted by atomic mass is 9.90. The molecule has 6 heteroatoms. The van der Waals surface area contributed by atoms with Gasteiger partial charge in [0.1, 0.15) is 22.4 Å². The molecule has 0 saturated carbocycles. The van der Waals surface area contributed by atoms with Crippen molar-refractivity contribution in [2.45, 2.75) is 19.3 Å². The molecule has 0 aliphatic carbocycles. The number of piperidine rings is 1. The van der Waals surface area contributed by atoms with E-state index in [4.69, 9.17) is 17.3 Å². The van der Waals surface area contributed by atoms with E-state index in [1.165, 1.54) is 11.9 Å². The van der Waals surface area contributed by atoms with Crippen molar-refractivity contribution in [3.63, 3.8) is 0 Å². The molecule has 0 amide bonds. The van der Waals surface area contributed by atoms with Crippen molar-refractivity contribution in [1.29, 1.82) is 0 Å². The van der Waals surface area contributed by atoms with E-state index in [1.54, 1.807) is 0 Å². The fourth-order valence-electron chi connectivity index (χ4n) is 2.90. The van der Waals surface area contributed by atoms with Crippen molar-refractivity contribution in [1.82, 2.24) is 9.97 Å². The number of benzene rings is 1. The second-order valence-corrected chi connectivity index (χ2v) is 6.89. The van der Waals surface area contributed by atoms with E-state index < -0.39 is 0 Å². The standard InChI is InChI=1S/C16H18BrClN4/c17-14-15(19)20-10-21-16(14)22-7-5-12(6-8-22)9-11-1-3-13(18)4-2-11/h1-4,10,12H,5-9H2,(H2,19,20,21). The average molecular weight is 382 g/mol. The maximum atomic E-state index is 5.94. The Morgan fingerprint density at radius 1 is 1.18 bits per heavy atom. The van der Waals surface area contributed by atoms with E-state index in [0.29, 0.717) is 11.7 Å². The zero-order valence-electron chi connectivity index (χ0n) is 12.2. The zero-order valence-corrected chi connectivity index (χ0v) is 14.5. The van der Waals surface area contributed by atoms with Crippen LogP contribution in [0.25, 0.3) is 0 Å². The van der Waals surface area contributed by atoms with Gasteiger partial charge in [0, 0.05) is 18.1 Å². The number of anilines is 2. The molecule has 1 aliphatic rings. The second-order valence-electron chi connectivity index (χ2n) is 5.66. The Kier molecular flexibility index (Phi) is 4.84. The SMILES string of the molecule is Nc1ncnc(N2CCC(Cc3ccc(Cl)cc3)CC2)c1Br. The van der Waals surface area contributed by atoms with E-state index in [1.807, 2.05) is 12.1 Å². The molecule has 2 heterocycles. The zero-order chi connectivity index (χ0) is 15.5. The van der Waals surface area contributed by atoms with Crippen molar-refractivity contribution < 1.29 is 0 Å². The van der Waals surface area contributed by atoms with Crippen LogP contribution in [0.4, 0.5) is 11.6 Å². The molecule has 0 spiro atoms. The molecule has 0 unspecified atom stereocenters. The second kappa shape index (κ2) is 6.84. The molecule has 1 fully saturated rings. The Morgan fingerprint density at radius 2 is 1.86 bits per heavy atom. The van der Waals surface area contributed by atoms with Gasteiger partial charge in [0.2, 0.25) is 0 Å². The third-order valence-corrected chi connectivity index (χ3v) is 5.16. The van der Waals surface area contributed by atoms with E-state index >= 15 is 0 Å². The molecule has 0 atom stereocenters. The van der Waals surface area contributed by atoms with Gasteiger partial charge in [-0.25, -0.2) is 9.97 Å². The minimum atomic E-state index is 0.494. The van der Waals surface area contributed by atoms with Crippen LogP contribution in [0, 0.1) is 5.92 Å². The summed E-state index contributed by atoms with van der Waals surface area (Å²) in [6.07, 6.45) is 4.94. The maximum Gasteiger partial charge on any atom is 0.148 e. The smallest absolute Gasteiger partial charge is 0.148 e. The van der Waals surface area contributed by atoms with Crippen molar-refractivity contribution >= 4 is 39.2 Å². The highest BCUT2D eigenvalue weighted by Crippen LogP contribution is 2.31. The Morgan fingerprint density at radius 3 is 2.55 bits per heavy atom. The van der Waals surface area contributed by atoms with Crippen molar-refractivity contribution in [3.05, 3.63) is 45.7 Å². The summed E-state index contributed by atoms with van der Waals surface area (Å²) < 4.78 is 0.797. The van der Waals surface area contributed by atoms with Gasteiger partial charge in [-0.3, -0.25) is 0 Å². The predicted molar refractivity (Wildman–Crippen MR) is 94.2 cm³/mol. The van der Waals surface area contributed by atoms with E-state index in [2.05, 4.69) is 42.9 Å². The highest BCUT2D eigenvalue weighted by molar-refractivity contribution is 9.10. The van der Waals surface area contributed by atoms with Gasteiger partial charge in [-0.2, -0.15) is 0 Å². The molecule has 0 radical (unpaired) electrons. The lowest BCUT2D eigenvalue weighted by molar-refractivity contribution is 0.402. The first-order valence-electron chi connectivity index (χ1n) is 7.39. The van der Waals surface area contributed by atoms with Crippen LogP contribution in [-0.4, -0.2) is 23.1 Å². The predicted octanol–water partition coefficient (Wildman–Crippen LogP) is 3.93. The lowest BCUT2D eigenvalue weighted by Crippen LogP contribution is -2.35. The summed E-state index contributed by atoms with van der Waals surface area (Å²) in [5, 5.41) is 0.796. The first kappa shape index (κ1) is 15.6. The topological polar surface area (TPSA) is 55.0 Å². The number of aromatic nitrogens is 2. The molecule has 4 nitrogen and oxygen atoms in total. The fourth-order valence-corrected chi connectivity index (χ4v) is 3.48. The van der Waals surface area contributed by atoms with Gasteiger partial charge < -0.3 is 10.6 Å². The minimum Gasteiger partial charge on any atom is -0.383 e. The quantitative estimate of drug-likeness (QED) is 0.875. The molecule has 2 aromatic rings. The monoisotopic (exact) mass is 380 g/mol. The molecule has 1 saturated heterocycles. The summed E-state index contributed by atoms with van der Waals surface area (Å²) in [6, 6.07) is 8.17. The van der Waals surface area contributed by atoms with E-state index in [9.17, 15) is 0 Å². The summed E-state index contributed by atoms with van der Waals surface area (Å²) in [5.41, 5.74) is 7.19. The lowest BCUT2D eigenvalue weighted by Gasteiger charge is -2.33. The van der Waals surface area contributed by atoms with Gasteiger partial charge in [-0.1, -0.05) is 23.7 Å². The van der Waals surface area contributed by atoms with Gasteiger partial charge in [0.15, 0.2) is 0 Å². The summed E-state index contributed by atoms with van der Waals surface area (Å²) in [5.74, 6) is 2.10. The van der Waals surface area contributed by atoms with Crippen molar-refractivity contribution in [3.8, 4) is 0 Å². The van der Waals surface area contributed by atoms with Crippen molar-refractivity contribution in [2.75, 3.05) is 23.7 Å². The Bertz CT molecular complexity index is 639. The first-order chi connectivity index (χ1) is 10.6. The molecular weight excluding hydrogens is 364 g/mol. The van der Waals surface area contributed by atoms with Crippen molar-refractivity contribution in [2.24, 2.45) is 5.92 Å². The number of hydrogen-bond donors (Lipinski definition) is 1. The summed E-state index contributed by atoms with van der Waals surface area (Å²) in [7, 11) is 0. The summed E-state index contributed by atoms with van der Waals surface area (Å²) in [6.45, 7) is 1.99. The van der Waals surface area contributed by atoms with Crippen LogP contribution in [0.3, 0.4) is 0 Å². The number of hydrogen-bond acceptors (Lipinski definition) is 4. The van der Waals surface area contributed by atoms with Crippen LogP contribution in [0.2, 0.25) is 5.02 Å². The molecule has 2 N–H and O–H groups in total. The van der Waals surface area contributed by atoms with Gasteiger partial charge in [-0.05, 0) is 58.8 Å². The number of nitrogens with zero attached hydrogens (tertiary/aromatic N) is 3. The number of rotatable bonds is 3. The molecule has 22 heavy (non-hydrogen) atoms. The summed E-state index contributed by atoms with van der Waals surface area (Å²) >= 11 is 9.42. The molecule has 3 rings (SSSR count). The molecule has 116 valence electrons. The normalized spacial score (nSPS) is 16.0. The first-order valence-corrected chi connectivity index (χ1v) is 8.56. The molecule has 1 aliphatic heterocycles. The van der Waals surface area contributed by atoms with Gasteiger partial charge in [0.25, 0.3) is 0 Å². The van der Waals surface area contributed by atoms with Crippen LogP contribution < -0.4 is 10.6 Å². The largest absolute Gasteiger partial charge is 0.383 e. The van der Waals surface area contributed by atoms with Crippen LogP contribution >= 0.6 is 27.5 Å². The highest BCUT2D eigenvalue weighted by Gasteiger charge is 2.22. The van der Waals surface area contributed by atoms with E-state index in [-0.39, 0.29) is 0 Å². The van der Waals surface area contributed by atoms with Gasteiger partial charge in [-0.15, -0.1) is 0 Å². The number of halogens is 2. The third-order valence-electron chi connectivity index (χ3n) is 4.15. The molecule has 0 bridgehead atoms. The number of nitrogens with two attached hydrogens (primary N) is 1. The van der Waals surface area contributed by atoms with Crippen LogP contribution in [0.15, 0.2) is 35.1 Å². The fraction of sp³-hybridized carbons (Fsp3) is 0.375. The molecule has 1 aromatic carbocycles. The Hall–Kier alpha value is -1.33. The van der Waals surface area contributed by atoms with Gasteiger partial charge in [0.05, 0.1) is 0 Å². The van der Waals surface area contributed by atoms with Crippen LogP contribution in [0.1, 0.15) is 18.4 Å². The molecular formula is C16H18BrClN4. The molecule has 1 aromatic heterocycles. The maximum absolute atomic E-state index is 5.94.